The summed E-state index contributed by atoms with van der Waals surface area (Å²) >= 11 is 3.62. The van der Waals surface area contributed by atoms with Crippen LogP contribution in [0.25, 0.3) is 0 Å². The molecule has 2 rings (SSSR count). The Hall–Kier alpha value is -1.13. The Morgan fingerprint density at radius 3 is 2.72 bits per heavy atom. The summed E-state index contributed by atoms with van der Waals surface area (Å²) in [5.74, 6) is 0. The molecule has 3 nitrogen and oxygen atoms in total. The molecular formula is C14H18BrN3. The van der Waals surface area contributed by atoms with Crippen molar-refractivity contribution in [2.45, 2.75) is 19.4 Å². The third kappa shape index (κ3) is 3.00. The molecule has 1 heterocycles. The van der Waals surface area contributed by atoms with Gasteiger partial charge in [0, 0.05) is 17.7 Å². The second-order valence-corrected chi connectivity index (χ2v) is 5.18. The fourth-order valence-electron chi connectivity index (χ4n) is 1.96. The molecule has 0 saturated carbocycles. The summed E-state index contributed by atoms with van der Waals surface area (Å²) in [7, 11) is 1.94. The second kappa shape index (κ2) is 6.16. The predicted molar refractivity (Wildman–Crippen MR) is 77.5 cm³/mol. The van der Waals surface area contributed by atoms with Crippen LogP contribution in [0.1, 0.15) is 30.6 Å². The summed E-state index contributed by atoms with van der Waals surface area (Å²) in [4.78, 5) is 0. The van der Waals surface area contributed by atoms with Crippen LogP contribution in [0.15, 0.2) is 41.0 Å². The first kappa shape index (κ1) is 13.3. The molecule has 4 heteroatoms. The highest BCUT2D eigenvalue weighted by Gasteiger charge is 2.17. The molecule has 0 amide bonds. The van der Waals surface area contributed by atoms with Gasteiger partial charge in [0.2, 0.25) is 0 Å². The molecule has 1 N–H and O–H groups in total. The third-order valence-corrected chi connectivity index (χ3v) is 3.57. The zero-order valence-corrected chi connectivity index (χ0v) is 12.3. The van der Waals surface area contributed by atoms with Crippen molar-refractivity contribution in [3.05, 3.63) is 52.3 Å². The predicted octanol–water partition coefficient (Wildman–Crippen LogP) is 3.27. The van der Waals surface area contributed by atoms with E-state index in [1.54, 1.807) is 0 Å². The summed E-state index contributed by atoms with van der Waals surface area (Å²) in [5.41, 5.74) is 2.28. The quantitative estimate of drug-likeness (QED) is 0.919. The first-order chi connectivity index (χ1) is 8.72. The number of halogens is 1. The van der Waals surface area contributed by atoms with Crippen molar-refractivity contribution >= 4 is 15.9 Å². The van der Waals surface area contributed by atoms with Crippen molar-refractivity contribution < 1.29 is 0 Å². The minimum Gasteiger partial charge on any atom is -0.305 e. The Bertz CT molecular complexity index is 507. The Morgan fingerprint density at radius 2 is 2.11 bits per heavy atom. The van der Waals surface area contributed by atoms with Gasteiger partial charge in [0.25, 0.3) is 0 Å². The summed E-state index contributed by atoms with van der Waals surface area (Å²) < 4.78 is 2.96. The van der Waals surface area contributed by atoms with Crippen LogP contribution in [0, 0.1) is 0 Å². The molecule has 18 heavy (non-hydrogen) atoms. The average molecular weight is 308 g/mol. The maximum Gasteiger partial charge on any atom is 0.0839 e. The van der Waals surface area contributed by atoms with E-state index in [2.05, 4.69) is 57.5 Å². The van der Waals surface area contributed by atoms with Crippen LogP contribution in [0.3, 0.4) is 0 Å². The highest BCUT2D eigenvalue weighted by Crippen LogP contribution is 2.27. The lowest BCUT2D eigenvalue weighted by Crippen LogP contribution is -2.24. The van der Waals surface area contributed by atoms with Crippen LogP contribution in [-0.2, 0) is 7.05 Å². The van der Waals surface area contributed by atoms with Gasteiger partial charge < -0.3 is 5.32 Å². The van der Waals surface area contributed by atoms with Gasteiger partial charge in [0.15, 0.2) is 0 Å². The van der Waals surface area contributed by atoms with Crippen LogP contribution >= 0.6 is 15.9 Å². The number of benzene rings is 1. The zero-order chi connectivity index (χ0) is 13.0. The first-order valence-electron chi connectivity index (χ1n) is 6.19. The molecule has 1 aromatic heterocycles. The van der Waals surface area contributed by atoms with Gasteiger partial charge in [-0.2, -0.15) is 5.10 Å². The van der Waals surface area contributed by atoms with E-state index in [0.717, 1.165) is 23.1 Å². The molecule has 96 valence electrons. The van der Waals surface area contributed by atoms with E-state index in [9.17, 15) is 0 Å². The van der Waals surface area contributed by atoms with Crippen LogP contribution < -0.4 is 5.32 Å². The number of rotatable bonds is 5. The van der Waals surface area contributed by atoms with Crippen molar-refractivity contribution in [3.8, 4) is 0 Å². The lowest BCUT2D eigenvalue weighted by molar-refractivity contribution is 0.574. The molecule has 0 aliphatic heterocycles. The van der Waals surface area contributed by atoms with Crippen LogP contribution in [0.4, 0.5) is 0 Å². The first-order valence-corrected chi connectivity index (χ1v) is 6.99. The van der Waals surface area contributed by atoms with E-state index >= 15 is 0 Å². The summed E-state index contributed by atoms with van der Waals surface area (Å²) in [6.45, 7) is 3.14. The van der Waals surface area contributed by atoms with Gasteiger partial charge in [-0.05, 0) is 30.7 Å². The zero-order valence-electron chi connectivity index (χ0n) is 10.7. The van der Waals surface area contributed by atoms with E-state index in [-0.39, 0.29) is 6.04 Å². The van der Waals surface area contributed by atoms with Gasteiger partial charge in [0.1, 0.15) is 0 Å². The Kier molecular flexibility index (Phi) is 4.55. The maximum absolute atomic E-state index is 4.51. The van der Waals surface area contributed by atoms with Crippen LogP contribution in [0.5, 0.6) is 0 Å². The number of nitrogens with zero attached hydrogens (tertiary/aromatic N) is 2. The Morgan fingerprint density at radius 1 is 1.33 bits per heavy atom. The molecule has 1 atom stereocenters. The standard InChI is InChI=1S/C14H18BrN3/c1-3-9-16-14(13-8-10-18(2)17-13)11-6-4-5-7-12(11)15/h4-8,10,14,16H,3,9H2,1-2H3. The SMILES string of the molecule is CCCNC(c1ccn(C)n1)c1ccccc1Br. The molecule has 0 saturated heterocycles. The average Bonchev–Trinajstić information content (AvgIpc) is 2.78. The molecule has 0 aliphatic rings. The molecular weight excluding hydrogens is 290 g/mol. The highest BCUT2D eigenvalue weighted by atomic mass is 79.9. The van der Waals surface area contributed by atoms with E-state index in [4.69, 9.17) is 0 Å². The Labute approximate surface area is 116 Å². The van der Waals surface area contributed by atoms with E-state index in [1.807, 2.05) is 24.0 Å². The minimum atomic E-state index is 0.140. The smallest absolute Gasteiger partial charge is 0.0839 e. The highest BCUT2D eigenvalue weighted by molar-refractivity contribution is 9.10. The fraction of sp³-hybridized carbons (Fsp3) is 0.357. The van der Waals surface area contributed by atoms with Crippen molar-refractivity contribution in [1.82, 2.24) is 15.1 Å². The molecule has 1 aromatic carbocycles. The molecule has 0 radical (unpaired) electrons. The van der Waals surface area contributed by atoms with Gasteiger partial charge in [-0.15, -0.1) is 0 Å². The third-order valence-electron chi connectivity index (χ3n) is 2.84. The lowest BCUT2D eigenvalue weighted by atomic mass is 10.0. The number of nitrogens with one attached hydrogen (secondary N) is 1. The number of hydrogen-bond donors (Lipinski definition) is 1. The summed E-state index contributed by atoms with van der Waals surface area (Å²) in [6, 6.07) is 10.5. The Balaban J connectivity index is 2.33. The number of aromatic nitrogens is 2. The number of aryl methyl sites for hydroxylation is 1. The lowest BCUT2D eigenvalue weighted by Gasteiger charge is -2.18. The van der Waals surface area contributed by atoms with Gasteiger partial charge in [-0.1, -0.05) is 41.1 Å². The van der Waals surface area contributed by atoms with Crippen molar-refractivity contribution in [2.75, 3.05) is 6.54 Å². The largest absolute Gasteiger partial charge is 0.305 e. The van der Waals surface area contributed by atoms with E-state index in [1.165, 1.54) is 5.56 Å². The summed E-state index contributed by atoms with van der Waals surface area (Å²) in [5, 5.41) is 8.07. The monoisotopic (exact) mass is 307 g/mol. The molecule has 1 unspecified atom stereocenters. The van der Waals surface area contributed by atoms with E-state index < -0.39 is 0 Å². The normalized spacial score (nSPS) is 12.6. The topological polar surface area (TPSA) is 29.9 Å². The van der Waals surface area contributed by atoms with Gasteiger partial charge in [-0.3, -0.25) is 4.68 Å². The van der Waals surface area contributed by atoms with E-state index in [0.29, 0.717) is 0 Å². The minimum absolute atomic E-state index is 0.140. The van der Waals surface area contributed by atoms with Crippen molar-refractivity contribution in [3.63, 3.8) is 0 Å². The van der Waals surface area contributed by atoms with Crippen LogP contribution in [-0.4, -0.2) is 16.3 Å². The molecule has 0 aliphatic carbocycles. The van der Waals surface area contributed by atoms with Crippen molar-refractivity contribution in [1.29, 1.82) is 0 Å². The van der Waals surface area contributed by atoms with Crippen molar-refractivity contribution in [2.24, 2.45) is 7.05 Å². The fourth-order valence-corrected chi connectivity index (χ4v) is 2.47. The number of hydrogen-bond acceptors (Lipinski definition) is 2. The summed E-state index contributed by atoms with van der Waals surface area (Å²) in [6.07, 6.45) is 3.08. The van der Waals surface area contributed by atoms with Gasteiger partial charge in [-0.25, -0.2) is 0 Å². The maximum atomic E-state index is 4.51. The second-order valence-electron chi connectivity index (χ2n) is 4.32. The molecule has 0 bridgehead atoms. The van der Waals surface area contributed by atoms with Gasteiger partial charge >= 0.3 is 0 Å². The van der Waals surface area contributed by atoms with Crippen LogP contribution in [0.2, 0.25) is 0 Å². The molecule has 2 aromatic rings. The van der Waals surface area contributed by atoms with Gasteiger partial charge in [0.05, 0.1) is 11.7 Å². The molecule has 0 spiro atoms. The molecule has 0 fully saturated rings.